The van der Waals surface area contributed by atoms with Crippen molar-refractivity contribution in [3.8, 4) is 0 Å². The van der Waals surface area contributed by atoms with Crippen molar-refractivity contribution in [3.63, 3.8) is 0 Å². The number of amides is 1. The minimum absolute atomic E-state index is 0.0324. The van der Waals surface area contributed by atoms with E-state index in [0.717, 1.165) is 25.1 Å². The fourth-order valence-electron chi connectivity index (χ4n) is 3.23. The zero-order chi connectivity index (χ0) is 17.8. The number of pyridine rings is 1. The lowest BCUT2D eigenvalue weighted by molar-refractivity contribution is 0.0733. The Bertz CT molecular complexity index is 885. The van der Waals surface area contributed by atoms with Crippen LogP contribution >= 0.6 is 0 Å². The number of hydrogen-bond donors (Lipinski definition) is 1. The van der Waals surface area contributed by atoms with Crippen LogP contribution in [0.5, 0.6) is 0 Å². The van der Waals surface area contributed by atoms with Crippen LogP contribution in [-0.2, 0) is 0 Å². The molecule has 0 unspecified atom stereocenters. The summed E-state index contributed by atoms with van der Waals surface area (Å²) in [5, 5.41) is 3.11. The maximum atomic E-state index is 12.9. The lowest BCUT2D eigenvalue weighted by atomic mass is 10.1. The van der Waals surface area contributed by atoms with E-state index in [9.17, 15) is 4.79 Å². The van der Waals surface area contributed by atoms with Gasteiger partial charge in [-0.1, -0.05) is 24.3 Å². The van der Waals surface area contributed by atoms with Crippen LogP contribution in [0.15, 0.2) is 67.0 Å². The van der Waals surface area contributed by atoms with Crippen molar-refractivity contribution >= 4 is 17.7 Å². The fourth-order valence-corrected chi connectivity index (χ4v) is 3.23. The molecular weight excluding hydrogens is 326 g/mol. The standard InChI is InChI=1S/C20H19N5O/c26-19(15-7-2-1-3-8-15)25-14-6-9-17(25)16-11-13-22-20(23-16)24-18-10-4-5-12-21-18/h1-5,7-8,10-13,17H,6,9,14H2,(H,21,22,23,24)/t17-/m0/s1. The molecule has 3 heterocycles. The summed E-state index contributed by atoms with van der Waals surface area (Å²) in [5.74, 6) is 1.22. The van der Waals surface area contributed by atoms with Gasteiger partial charge in [0, 0.05) is 24.5 Å². The van der Waals surface area contributed by atoms with Gasteiger partial charge in [-0.25, -0.2) is 15.0 Å². The number of hydrogen-bond acceptors (Lipinski definition) is 5. The molecule has 1 aromatic carbocycles. The van der Waals surface area contributed by atoms with Crippen molar-refractivity contribution < 1.29 is 4.79 Å². The summed E-state index contributed by atoms with van der Waals surface area (Å²) in [7, 11) is 0. The van der Waals surface area contributed by atoms with Crippen LogP contribution < -0.4 is 5.32 Å². The van der Waals surface area contributed by atoms with Gasteiger partial charge in [0.2, 0.25) is 5.95 Å². The van der Waals surface area contributed by atoms with E-state index in [0.29, 0.717) is 17.3 Å². The van der Waals surface area contributed by atoms with E-state index in [-0.39, 0.29) is 11.9 Å². The van der Waals surface area contributed by atoms with E-state index in [1.54, 1.807) is 12.4 Å². The summed E-state index contributed by atoms with van der Waals surface area (Å²) in [4.78, 5) is 27.9. The molecule has 130 valence electrons. The van der Waals surface area contributed by atoms with Crippen molar-refractivity contribution in [1.29, 1.82) is 0 Å². The van der Waals surface area contributed by atoms with E-state index >= 15 is 0 Å². The molecule has 0 radical (unpaired) electrons. The highest BCUT2D eigenvalue weighted by Crippen LogP contribution is 2.32. The molecule has 1 saturated heterocycles. The predicted octanol–water partition coefficient (Wildman–Crippen LogP) is 3.59. The quantitative estimate of drug-likeness (QED) is 0.782. The first-order valence-electron chi connectivity index (χ1n) is 8.68. The van der Waals surface area contributed by atoms with Crippen LogP contribution in [-0.4, -0.2) is 32.3 Å². The van der Waals surface area contributed by atoms with Crippen molar-refractivity contribution in [2.45, 2.75) is 18.9 Å². The predicted molar refractivity (Wildman–Crippen MR) is 99.0 cm³/mol. The highest BCUT2D eigenvalue weighted by Gasteiger charge is 2.31. The van der Waals surface area contributed by atoms with Gasteiger partial charge in [0.1, 0.15) is 5.82 Å². The Hall–Kier alpha value is -3.28. The maximum Gasteiger partial charge on any atom is 0.254 e. The highest BCUT2D eigenvalue weighted by molar-refractivity contribution is 5.94. The van der Waals surface area contributed by atoms with Crippen LogP contribution in [0.25, 0.3) is 0 Å². The largest absolute Gasteiger partial charge is 0.330 e. The number of rotatable bonds is 4. The summed E-state index contributed by atoms with van der Waals surface area (Å²) in [5.41, 5.74) is 1.56. The average Bonchev–Trinajstić information content (AvgIpc) is 3.19. The number of carbonyl (C=O) groups is 1. The monoisotopic (exact) mass is 345 g/mol. The normalized spacial score (nSPS) is 16.5. The summed E-state index contributed by atoms with van der Waals surface area (Å²) in [6.07, 6.45) is 5.30. The van der Waals surface area contributed by atoms with Crippen molar-refractivity contribution in [3.05, 3.63) is 78.2 Å². The summed E-state index contributed by atoms with van der Waals surface area (Å²) >= 11 is 0. The third kappa shape index (κ3) is 3.39. The summed E-state index contributed by atoms with van der Waals surface area (Å²) < 4.78 is 0. The first-order chi connectivity index (χ1) is 12.8. The molecule has 1 fully saturated rings. The molecule has 0 saturated carbocycles. The van der Waals surface area contributed by atoms with Gasteiger partial charge in [-0.05, 0) is 43.2 Å². The fraction of sp³-hybridized carbons (Fsp3) is 0.200. The SMILES string of the molecule is O=C(c1ccccc1)N1CCC[C@H]1c1ccnc(Nc2ccccn2)n1. The Labute approximate surface area is 151 Å². The summed E-state index contributed by atoms with van der Waals surface area (Å²) in [6.45, 7) is 0.741. The van der Waals surface area contributed by atoms with Crippen LogP contribution in [0.4, 0.5) is 11.8 Å². The van der Waals surface area contributed by atoms with E-state index in [1.807, 2.05) is 59.5 Å². The van der Waals surface area contributed by atoms with E-state index in [2.05, 4.69) is 20.3 Å². The van der Waals surface area contributed by atoms with Crippen molar-refractivity contribution in [2.75, 3.05) is 11.9 Å². The van der Waals surface area contributed by atoms with Crippen LogP contribution in [0.2, 0.25) is 0 Å². The number of likely N-dealkylation sites (tertiary alicyclic amines) is 1. The van der Waals surface area contributed by atoms with Gasteiger partial charge in [-0.15, -0.1) is 0 Å². The van der Waals surface area contributed by atoms with Crippen LogP contribution in [0, 0.1) is 0 Å². The smallest absolute Gasteiger partial charge is 0.254 e. The Morgan fingerprint density at radius 1 is 1.00 bits per heavy atom. The zero-order valence-electron chi connectivity index (χ0n) is 14.2. The number of benzene rings is 1. The van der Waals surface area contributed by atoms with E-state index in [4.69, 9.17) is 0 Å². The molecule has 1 atom stereocenters. The second kappa shape index (κ2) is 7.31. The highest BCUT2D eigenvalue weighted by atomic mass is 16.2. The molecule has 6 nitrogen and oxygen atoms in total. The van der Waals surface area contributed by atoms with Gasteiger partial charge < -0.3 is 10.2 Å². The topological polar surface area (TPSA) is 71.0 Å². The number of carbonyl (C=O) groups excluding carboxylic acids is 1. The molecule has 3 aromatic rings. The van der Waals surface area contributed by atoms with Gasteiger partial charge in [0.05, 0.1) is 11.7 Å². The molecule has 0 bridgehead atoms. The molecular formula is C20H19N5O. The molecule has 6 heteroatoms. The molecule has 0 aliphatic carbocycles. The number of nitrogens with one attached hydrogen (secondary N) is 1. The maximum absolute atomic E-state index is 12.9. The number of anilines is 2. The van der Waals surface area contributed by atoms with Gasteiger partial charge in [-0.2, -0.15) is 0 Å². The molecule has 1 amide bonds. The third-order valence-electron chi connectivity index (χ3n) is 4.46. The number of nitrogens with zero attached hydrogens (tertiary/aromatic N) is 4. The van der Waals surface area contributed by atoms with Gasteiger partial charge in [-0.3, -0.25) is 4.79 Å². The summed E-state index contributed by atoms with van der Waals surface area (Å²) in [6, 6.07) is 16.9. The van der Waals surface area contributed by atoms with Gasteiger partial charge >= 0.3 is 0 Å². The first-order valence-corrected chi connectivity index (χ1v) is 8.68. The average molecular weight is 345 g/mol. The molecule has 1 N–H and O–H groups in total. The first kappa shape index (κ1) is 16.2. The second-order valence-electron chi connectivity index (χ2n) is 6.17. The van der Waals surface area contributed by atoms with Crippen molar-refractivity contribution in [2.24, 2.45) is 0 Å². The Balaban J connectivity index is 1.56. The minimum atomic E-state index is -0.0324. The third-order valence-corrected chi connectivity index (χ3v) is 4.46. The van der Waals surface area contributed by atoms with E-state index < -0.39 is 0 Å². The zero-order valence-corrected chi connectivity index (χ0v) is 14.2. The molecule has 4 rings (SSSR count). The van der Waals surface area contributed by atoms with Crippen molar-refractivity contribution in [1.82, 2.24) is 19.9 Å². The Morgan fingerprint density at radius 3 is 2.65 bits per heavy atom. The lowest BCUT2D eigenvalue weighted by Crippen LogP contribution is -2.31. The van der Waals surface area contributed by atoms with Crippen LogP contribution in [0.3, 0.4) is 0 Å². The minimum Gasteiger partial charge on any atom is -0.330 e. The Morgan fingerprint density at radius 2 is 1.85 bits per heavy atom. The van der Waals surface area contributed by atoms with Gasteiger partial charge in [0.15, 0.2) is 0 Å². The molecule has 2 aromatic heterocycles. The number of aromatic nitrogens is 3. The van der Waals surface area contributed by atoms with Gasteiger partial charge in [0.25, 0.3) is 5.91 Å². The molecule has 26 heavy (non-hydrogen) atoms. The molecule has 0 spiro atoms. The molecule has 1 aliphatic heterocycles. The Kier molecular flexibility index (Phi) is 4.55. The lowest BCUT2D eigenvalue weighted by Gasteiger charge is -2.24. The second-order valence-corrected chi connectivity index (χ2v) is 6.17. The van der Waals surface area contributed by atoms with Crippen LogP contribution in [0.1, 0.15) is 34.9 Å². The van der Waals surface area contributed by atoms with E-state index in [1.165, 1.54) is 0 Å². The molecule has 1 aliphatic rings.